The van der Waals surface area contributed by atoms with Gasteiger partial charge in [0.05, 0.1) is 21.4 Å². The minimum Gasteiger partial charge on any atom is -0.457 e. The Balaban J connectivity index is 1.50. The Hall–Kier alpha value is -3.51. The quantitative estimate of drug-likeness (QED) is 0.578. The fraction of sp³-hybridized carbons (Fsp3) is 0.0833. The van der Waals surface area contributed by atoms with Crippen molar-refractivity contribution in [1.29, 1.82) is 0 Å². The van der Waals surface area contributed by atoms with E-state index in [1.165, 1.54) is 6.20 Å². The van der Waals surface area contributed by atoms with Crippen LogP contribution in [0.3, 0.4) is 0 Å². The number of hydrogen-bond donors (Lipinski definition) is 1. The highest BCUT2D eigenvalue weighted by atomic mass is 32.2. The van der Waals surface area contributed by atoms with Crippen LogP contribution in [-0.2, 0) is 10.6 Å². The molecule has 0 saturated carbocycles. The first-order chi connectivity index (χ1) is 14.7. The summed E-state index contributed by atoms with van der Waals surface area (Å²) in [6.07, 6.45) is 11.2. The van der Waals surface area contributed by atoms with Gasteiger partial charge in [-0.1, -0.05) is 54.6 Å². The summed E-state index contributed by atoms with van der Waals surface area (Å²) < 4.78 is 22.1. The lowest BCUT2D eigenvalue weighted by Gasteiger charge is -2.08. The highest BCUT2D eigenvalue weighted by molar-refractivity contribution is 7.76. The molecule has 0 bridgehead atoms. The molecule has 2 unspecified atom stereocenters. The number of ether oxygens (including phenoxy) is 1. The standard InChI is InChI=1S/C24H20N2O3S/c27-24(26-30(28)23-9-5-2-6-10-23)20-15-19(16-25-17-20)18-11-13-22(14-12-18)29-21-7-3-1-4-8-21/h1-9,11-17,23,30H,10H2. The van der Waals surface area contributed by atoms with E-state index in [-0.39, 0.29) is 5.25 Å². The van der Waals surface area contributed by atoms with Gasteiger partial charge in [-0.2, -0.15) is 4.36 Å². The third-order valence-electron chi connectivity index (χ3n) is 4.58. The predicted molar refractivity (Wildman–Crippen MR) is 119 cm³/mol. The first-order valence-corrected chi connectivity index (χ1v) is 10.8. The Morgan fingerprint density at radius 1 is 0.967 bits per heavy atom. The highest BCUT2D eigenvalue weighted by Gasteiger charge is 2.11. The Bertz CT molecular complexity index is 1180. The molecular weight excluding hydrogens is 396 g/mol. The highest BCUT2D eigenvalue weighted by Crippen LogP contribution is 2.26. The summed E-state index contributed by atoms with van der Waals surface area (Å²) in [7, 11) is -2.01. The molecule has 4 rings (SSSR count). The SMILES string of the molecule is O=C(N=[SH](=O)C1C=CC=CC1)c1cncc(-c2ccc(Oc3ccccc3)cc2)c1. The van der Waals surface area contributed by atoms with Crippen molar-refractivity contribution in [3.63, 3.8) is 0 Å². The van der Waals surface area contributed by atoms with Crippen LogP contribution >= 0.6 is 0 Å². The molecule has 0 radical (unpaired) electrons. The van der Waals surface area contributed by atoms with Gasteiger partial charge in [0, 0.05) is 18.0 Å². The maximum atomic E-state index is 12.5. The van der Waals surface area contributed by atoms with Gasteiger partial charge >= 0.3 is 0 Å². The zero-order valence-corrected chi connectivity index (χ0v) is 17.0. The minimum absolute atomic E-state index is 0.234. The average Bonchev–Trinajstić information content (AvgIpc) is 2.81. The fourth-order valence-corrected chi connectivity index (χ4v) is 4.00. The van der Waals surface area contributed by atoms with Crippen LogP contribution in [0.1, 0.15) is 16.8 Å². The molecule has 6 heteroatoms. The van der Waals surface area contributed by atoms with Crippen molar-refractivity contribution in [2.45, 2.75) is 11.7 Å². The van der Waals surface area contributed by atoms with Gasteiger partial charge < -0.3 is 4.74 Å². The number of allylic oxidation sites excluding steroid dienone is 3. The van der Waals surface area contributed by atoms with Crippen molar-refractivity contribution in [3.8, 4) is 22.6 Å². The summed E-state index contributed by atoms with van der Waals surface area (Å²) in [6, 6.07) is 18.8. The van der Waals surface area contributed by atoms with Crippen LogP contribution < -0.4 is 4.74 Å². The van der Waals surface area contributed by atoms with Gasteiger partial charge in [-0.05, 0) is 42.3 Å². The number of benzene rings is 2. The number of amides is 1. The average molecular weight is 417 g/mol. The van der Waals surface area contributed by atoms with Gasteiger partial charge in [0.1, 0.15) is 11.5 Å². The number of thiol groups is 1. The van der Waals surface area contributed by atoms with E-state index >= 15 is 0 Å². The summed E-state index contributed by atoms with van der Waals surface area (Å²) in [4.78, 5) is 16.6. The lowest BCUT2D eigenvalue weighted by molar-refractivity contribution is 0.100. The molecule has 1 aliphatic rings. The summed E-state index contributed by atoms with van der Waals surface area (Å²) in [6.45, 7) is 0. The molecule has 2 atom stereocenters. The molecule has 0 fully saturated rings. The van der Waals surface area contributed by atoms with Gasteiger partial charge in [-0.15, -0.1) is 0 Å². The van der Waals surface area contributed by atoms with E-state index < -0.39 is 16.5 Å². The zero-order valence-electron chi connectivity index (χ0n) is 16.1. The van der Waals surface area contributed by atoms with Crippen LogP contribution in [0.2, 0.25) is 0 Å². The van der Waals surface area contributed by atoms with Gasteiger partial charge in [-0.25, -0.2) is 0 Å². The maximum absolute atomic E-state index is 12.5. The van der Waals surface area contributed by atoms with Crippen molar-refractivity contribution >= 4 is 16.5 Å². The third kappa shape index (κ3) is 4.90. The second-order valence-electron chi connectivity index (χ2n) is 6.73. The molecule has 0 N–H and O–H groups in total. The van der Waals surface area contributed by atoms with Crippen LogP contribution in [0.25, 0.3) is 11.1 Å². The number of rotatable bonds is 5. The smallest absolute Gasteiger partial charge is 0.286 e. The van der Waals surface area contributed by atoms with Gasteiger partial charge in [0.25, 0.3) is 5.91 Å². The number of aromatic nitrogens is 1. The molecule has 1 aliphatic carbocycles. The van der Waals surface area contributed by atoms with Crippen molar-refractivity contribution in [2.24, 2.45) is 4.36 Å². The van der Waals surface area contributed by atoms with E-state index in [4.69, 9.17) is 4.74 Å². The molecule has 1 heterocycles. The number of nitrogens with zero attached hydrogens (tertiary/aromatic N) is 2. The van der Waals surface area contributed by atoms with E-state index in [1.807, 2.05) is 78.9 Å². The Morgan fingerprint density at radius 2 is 1.73 bits per heavy atom. The molecule has 1 amide bonds. The number of carbonyl (C=O) groups excluding carboxylic acids is 1. The van der Waals surface area contributed by atoms with Crippen molar-refractivity contribution in [1.82, 2.24) is 4.98 Å². The molecule has 0 spiro atoms. The third-order valence-corrected chi connectivity index (χ3v) is 5.91. The molecule has 0 aliphatic heterocycles. The predicted octanol–water partition coefficient (Wildman–Crippen LogP) is 5.23. The molecule has 0 saturated heterocycles. The minimum atomic E-state index is -2.01. The molecule has 30 heavy (non-hydrogen) atoms. The lowest BCUT2D eigenvalue weighted by atomic mass is 10.1. The van der Waals surface area contributed by atoms with Gasteiger partial charge in [-0.3, -0.25) is 14.0 Å². The fourth-order valence-electron chi connectivity index (χ4n) is 3.01. The van der Waals surface area contributed by atoms with Crippen LogP contribution in [0.4, 0.5) is 0 Å². The van der Waals surface area contributed by atoms with E-state index in [1.54, 1.807) is 12.3 Å². The molecule has 3 aromatic rings. The molecule has 1 aromatic heterocycles. The Kier molecular flexibility index (Phi) is 6.15. The maximum Gasteiger partial charge on any atom is 0.286 e. The van der Waals surface area contributed by atoms with Crippen LogP contribution in [0, 0.1) is 0 Å². The lowest BCUT2D eigenvalue weighted by Crippen LogP contribution is -2.08. The van der Waals surface area contributed by atoms with Gasteiger partial charge in [0.15, 0.2) is 0 Å². The second-order valence-corrected chi connectivity index (χ2v) is 8.19. The molecule has 5 nitrogen and oxygen atoms in total. The first kappa shape index (κ1) is 19.8. The zero-order chi connectivity index (χ0) is 20.8. The van der Waals surface area contributed by atoms with Crippen molar-refractivity contribution < 1.29 is 13.7 Å². The molecule has 150 valence electrons. The van der Waals surface area contributed by atoms with E-state index in [2.05, 4.69) is 9.35 Å². The second kappa shape index (κ2) is 9.33. The summed E-state index contributed by atoms with van der Waals surface area (Å²) >= 11 is 0. The van der Waals surface area contributed by atoms with Crippen LogP contribution in [0.5, 0.6) is 11.5 Å². The number of pyridine rings is 1. The monoisotopic (exact) mass is 416 g/mol. The van der Waals surface area contributed by atoms with Crippen LogP contribution in [-0.4, -0.2) is 20.3 Å². The van der Waals surface area contributed by atoms with Gasteiger partial charge in [0.2, 0.25) is 0 Å². The van der Waals surface area contributed by atoms with Crippen molar-refractivity contribution in [2.75, 3.05) is 0 Å². The van der Waals surface area contributed by atoms with Crippen molar-refractivity contribution in [3.05, 3.63) is 103 Å². The molecule has 2 aromatic carbocycles. The molecular formula is C24H20N2O3S. The Labute approximate surface area is 177 Å². The Morgan fingerprint density at radius 3 is 2.47 bits per heavy atom. The first-order valence-electron chi connectivity index (χ1n) is 9.53. The van der Waals surface area contributed by atoms with E-state index in [0.717, 1.165) is 16.9 Å². The summed E-state index contributed by atoms with van der Waals surface area (Å²) in [5.41, 5.74) is 1.98. The normalized spacial score (nSPS) is 16.3. The topological polar surface area (TPSA) is 68.6 Å². The summed E-state index contributed by atoms with van der Waals surface area (Å²) in [5.74, 6) is 0.961. The largest absolute Gasteiger partial charge is 0.457 e. The summed E-state index contributed by atoms with van der Waals surface area (Å²) in [5, 5.41) is -0.234. The number of hydrogen-bond acceptors (Lipinski definition) is 4. The number of para-hydroxylation sites is 1. The van der Waals surface area contributed by atoms with Crippen LogP contribution in [0.15, 0.2) is 102 Å². The van der Waals surface area contributed by atoms with E-state index in [0.29, 0.717) is 17.7 Å². The number of carbonyl (C=O) groups is 1. The van der Waals surface area contributed by atoms with E-state index in [9.17, 15) is 9.00 Å².